The van der Waals surface area contributed by atoms with Crippen LogP contribution in [0, 0.1) is 5.82 Å². The monoisotopic (exact) mass is 303 g/mol. The van der Waals surface area contributed by atoms with E-state index in [9.17, 15) is 9.18 Å². The van der Waals surface area contributed by atoms with E-state index < -0.39 is 11.4 Å². The molecule has 1 rings (SSSR count). The molecule has 1 amide bonds. The first-order chi connectivity index (χ1) is 7.85. The van der Waals surface area contributed by atoms with Gasteiger partial charge in [0.1, 0.15) is 5.82 Å². The molecule has 0 saturated heterocycles. The van der Waals surface area contributed by atoms with Crippen LogP contribution in [0.2, 0.25) is 0 Å². The van der Waals surface area contributed by atoms with E-state index in [4.69, 9.17) is 4.74 Å². The normalized spacial score (nSPS) is 11.4. The lowest BCUT2D eigenvalue weighted by molar-refractivity contribution is 0.0228. The third-order valence-corrected chi connectivity index (χ3v) is 3.05. The second-order valence-corrected chi connectivity index (χ2v) is 5.13. The van der Waals surface area contributed by atoms with Gasteiger partial charge < -0.3 is 10.1 Å². The van der Waals surface area contributed by atoms with Gasteiger partial charge in [-0.1, -0.05) is 0 Å². The molecule has 0 atom stereocenters. The molecular formula is C12H15BrFNO2. The van der Waals surface area contributed by atoms with Crippen molar-refractivity contribution in [3.8, 4) is 0 Å². The zero-order valence-corrected chi connectivity index (χ0v) is 11.6. The molecule has 94 valence electrons. The van der Waals surface area contributed by atoms with Crippen molar-refractivity contribution >= 4 is 21.8 Å². The zero-order chi connectivity index (χ0) is 13.1. The first-order valence-corrected chi connectivity index (χ1v) is 5.93. The number of ether oxygens (including phenoxy) is 1. The van der Waals surface area contributed by atoms with E-state index in [1.165, 1.54) is 12.1 Å². The van der Waals surface area contributed by atoms with Gasteiger partial charge in [-0.3, -0.25) is 4.79 Å². The average Bonchev–Trinajstić information content (AvgIpc) is 2.30. The Morgan fingerprint density at radius 3 is 2.71 bits per heavy atom. The molecule has 0 aliphatic rings. The van der Waals surface area contributed by atoms with Crippen molar-refractivity contribution < 1.29 is 13.9 Å². The molecular weight excluding hydrogens is 289 g/mol. The molecule has 1 aromatic carbocycles. The van der Waals surface area contributed by atoms with Gasteiger partial charge in [0.15, 0.2) is 0 Å². The summed E-state index contributed by atoms with van der Waals surface area (Å²) in [7, 11) is 1.57. The summed E-state index contributed by atoms with van der Waals surface area (Å²) in [6.45, 7) is 4.07. The summed E-state index contributed by atoms with van der Waals surface area (Å²) in [6.07, 6.45) is 0. The molecule has 0 spiro atoms. The lowest BCUT2D eigenvalue weighted by Gasteiger charge is -2.23. The first-order valence-electron chi connectivity index (χ1n) is 5.14. The Morgan fingerprint density at radius 1 is 1.53 bits per heavy atom. The summed E-state index contributed by atoms with van der Waals surface area (Å²) in [4.78, 5) is 11.7. The van der Waals surface area contributed by atoms with Crippen LogP contribution < -0.4 is 5.32 Å². The summed E-state index contributed by atoms with van der Waals surface area (Å²) >= 11 is 3.03. The predicted octanol–water partition coefficient (Wildman–Crippen LogP) is 2.74. The van der Waals surface area contributed by atoms with Gasteiger partial charge in [0, 0.05) is 19.2 Å². The Hall–Kier alpha value is -0.940. The molecule has 0 radical (unpaired) electrons. The van der Waals surface area contributed by atoms with Crippen molar-refractivity contribution in [1.82, 2.24) is 5.32 Å². The highest BCUT2D eigenvalue weighted by Crippen LogP contribution is 2.16. The molecule has 17 heavy (non-hydrogen) atoms. The smallest absolute Gasteiger partial charge is 0.251 e. The van der Waals surface area contributed by atoms with Crippen molar-refractivity contribution in [1.29, 1.82) is 0 Å². The maximum absolute atomic E-state index is 13.2. The standard InChI is InChI=1S/C12H15BrFNO2/c1-12(2,17-3)7-15-11(16)8-4-5-9(13)10(14)6-8/h4-6H,7H2,1-3H3,(H,15,16). The van der Waals surface area contributed by atoms with Gasteiger partial charge in [-0.05, 0) is 48.0 Å². The van der Waals surface area contributed by atoms with E-state index in [1.54, 1.807) is 13.2 Å². The lowest BCUT2D eigenvalue weighted by Crippen LogP contribution is -2.39. The largest absolute Gasteiger partial charge is 0.377 e. The van der Waals surface area contributed by atoms with Crippen LogP contribution in [0.25, 0.3) is 0 Å². The van der Waals surface area contributed by atoms with Crippen LogP contribution in [-0.2, 0) is 4.74 Å². The number of methoxy groups -OCH3 is 1. The maximum Gasteiger partial charge on any atom is 0.251 e. The molecule has 0 bridgehead atoms. The molecule has 0 aliphatic heterocycles. The third kappa shape index (κ3) is 4.09. The van der Waals surface area contributed by atoms with E-state index >= 15 is 0 Å². The van der Waals surface area contributed by atoms with Crippen LogP contribution in [0.15, 0.2) is 22.7 Å². The summed E-state index contributed by atoms with van der Waals surface area (Å²) in [5.41, 5.74) is -0.151. The Bertz CT molecular complexity index is 421. The van der Waals surface area contributed by atoms with Crippen LogP contribution in [0.3, 0.4) is 0 Å². The molecule has 1 N–H and O–H groups in total. The van der Waals surface area contributed by atoms with Gasteiger partial charge in [-0.15, -0.1) is 0 Å². The second-order valence-electron chi connectivity index (χ2n) is 4.28. The van der Waals surface area contributed by atoms with Gasteiger partial charge in [0.2, 0.25) is 0 Å². The Balaban J connectivity index is 2.68. The number of benzene rings is 1. The van der Waals surface area contributed by atoms with Gasteiger partial charge in [0.25, 0.3) is 5.91 Å². The number of hydrogen-bond donors (Lipinski definition) is 1. The van der Waals surface area contributed by atoms with E-state index in [0.717, 1.165) is 0 Å². The van der Waals surface area contributed by atoms with Crippen molar-refractivity contribution in [2.24, 2.45) is 0 Å². The molecule has 0 heterocycles. The molecule has 0 saturated carbocycles. The summed E-state index contributed by atoms with van der Waals surface area (Å²) < 4.78 is 18.7. The Kier molecular flexibility index (Phi) is 4.65. The quantitative estimate of drug-likeness (QED) is 0.929. The number of nitrogens with one attached hydrogen (secondary N) is 1. The number of carbonyl (C=O) groups excluding carboxylic acids is 1. The first kappa shape index (κ1) is 14.1. The van der Waals surface area contributed by atoms with Crippen LogP contribution in [-0.4, -0.2) is 25.2 Å². The summed E-state index contributed by atoms with van der Waals surface area (Å²) in [5, 5.41) is 2.69. The third-order valence-electron chi connectivity index (χ3n) is 2.41. The number of carbonyl (C=O) groups is 1. The molecule has 0 aromatic heterocycles. The lowest BCUT2D eigenvalue weighted by atomic mass is 10.1. The van der Waals surface area contributed by atoms with Crippen molar-refractivity contribution in [2.75, 3.05) is 13.7 Å². The van der Waals surface area contributed by atoms with Crippen LogP contribution in [0.5, 0.6) is 0 Å². The van der Waals surface area contributed by atoms with E-state index in [2.05, 4.69) is 21.2 Å². The highest BCUT2D eigenvalue weighted by atomic mass is 79.9. The van der Waals surface area contributed by atoms with Crippen LogP contribution in [0.1, 0.15) is 24.2 Å². The summed E-state index contributed by atoms with van der Waals surface area (Å²) in [6, 6.07) is 4.26. The van der Waals surface area contributed by atoms with Crippen LogP contribution in [0.4, 0.5) is 4.39 Å². The van der Waals surface area contributed by atoms with Gasteiger partial charge in [0.05, 0.1) is 10.1 Å². The fourth-order valence-electron chi connectivity index (χ4n) is 1.10. The fraction of sp³-hybridized carbons (Fsp3) is 0.417. The van der Waals surface area contributed by atoms with Crippen molar-refractivity contribution in [3.63, 3.8) is 0 Å². The highest BCUT2D eigenvalue weighted by Gasteiger charge is 2.18. The van der Waals surface area contributed by atoms with E-state index in [-0.39, 0.29) is 11.5 Å². The number of rotatable bonds is 4. The van der Waals surface area contributed by atoms with Gasteiger partial charge in [-0.2, -0.15) is 0 Å². The van der Waals surface area contributed by atoms with E-state index in [0.29, 0.717) is 11.0 Å². The number of amides is 1. The SMILES string of the molecule is COC(C)(C)CNC(=O)c1ccc(Br)c(F)c1. The Labute approximate surface area is 108 Å². The minimum absolute atomic E-state index is 0.289. The van der Waals surface area contributed by atoms with Crippen LogP contribution >= 0.6 is 15.9 Å². The minimum atomic E-state index is -0.455. The van der Waals surface area contributed by atoms with Crippen molar-refractivity contribution in [2.45, 2.75) is 19.4 Å². The topological polar surface area (TPSA) is 38.3 Å². The molecule has 1 aromatic rings. The average molecular weight is 304 g/mol. The van der Waals surface area contributed by atoms with Crippen molar-refractivity contribution in [3.05, 3.63) is 34.1 Å². The fourth-order valence-corrected chi connectivity index (χ4v) is 1.35. The molecule has 0 fully saturated rings. The predicted molar refractivity (Wildman–Crippen MR) is 67.5 cm³/mol. The second kappa shape index (κ2) is 5.60. The minimum Gasteiger partial charge on any atom is -0.377 e. The molecule has 0 unspecified atom stereocenters. The van der Waals surface area contributed by atoms with E-state index in [1.807, 2.05) is 13.8 Å². The summed E-state index contributed by atoms with van der Waals surface area (Å²) in [5.74, 6) is -0.773. The number of hydrogen-bond acceptors (Lipinski definition) is 2. The van der Waals surface area contributed by atoms with Gasteiger partial charge in [-0.25, -0.2) is 4.39 Å². The van der Waals surface area contributed by atoms with Gasteiger partial charge >= 0.3 is 0 Å². The maximum atomic E-state index is 13.2. The Morgan fingerprint density at radius 2 is 2.18 bits per heavy atom. The molecule has 5 heteroatoms. The highest BCUT2D eigenvalue weighted by molar-refractivity contribution is 9.10. The number of halogens is 2. The molecule has 0 aliphatic carbocycles. The molecule has 3 nitrogen and oxygen atoms in total. The zero-order valence-electron chi connectivity index (χ0n) is 10.0.